The van der Waals surface area contributed by atoms with Crippen LogP contribution in [0, 0.1) is 0 Å². The molecule has 17 heavy (non-hydrogen) atoms. The summed E-state index contributed by atoms with van der Waals surface area (Å²) in [6, 6.07) is 18.3. The average Bonchev–Trinajstić information content (AvgIpc) is 2.39. The molecular formula is C16H15Cl. The summed E-state index contributed by atoms with van der Waals surface area (Å²) in [6.45, 7) is 6.13. The van der Waals surface area contributed by atoms with Crippen LogP contribution in [0.1, 0.15) is 18.1 Å². The predicted octanol–water partition coefficient (Wildman–Crippen LogP) is 4.83. The van der Waals surface area contributed by atoms with Crippen LogP contribution in [0.5, 0.6) is 0 Å². The van der Waals surface area contributed by atoms with E-state index in [1.807, 2.05) is 42.5 Å². The van der Waals surface area contributed by atoms with Gasteiger partial charge in [-0.15, -0.1) is 6.58 Å². The van der Waals surface area contributed by atoms with Crippen LogP contribution in [0.2, 0.25) is 5.02 Å². The van der Waals surface area contributed by atoms with Gasteiger partial charge in [0.1, 0.15) is 0 Å². The second kappa shape index (κ2) is 4.77. The highest BCUT2D eigenvalue weighted by molar-refractivity contribution is 6.30. The summed E-state index contributed by atoms with van der Waals surface area (Å²) in [7, 11) is 0. The van der Waals surface area contributed by atoms with Gasteiger partial charge in [-0.3, -0.25) is 0 Å². The van der Waals surface area contributed by atoms with Crippen LogP contribution >= 0.6 is 11.6 Å². The van der Waals surface area contributed by atoms with Crippen LogP contribution in [-0.2, 0) is 5.41 Å². The molecule has 0 bridgehead atoms. The molecule has 0 spiro atoms. The van der Waals surface area contributed by atoms with E-state index >= 15 is 0 Å². The molecule has 0 fully saturated rings. The fraction of sp³-hybridized carbons (Fsp3) is 0.125. The van der Waals surface area contributed by atoms with E-state index in [1.54, 1.807) is 0 Å². The van der Waals surface area contributed by atoms with Crippen LogP contribution in [0.25, 0.3) is 0 Å². The van der Waals surface area contributed by atoms with Gasteiger partial charge in [-0.1, -0.05) is 60.1 Å². The summed E-state index contributed by atoms with van der Waals surface area (Å²) in [5.74, 6) is 0. The smallest absolute Gasteiger partial charge is 0.0409 e. The number of hydrogen-bond donors (Lipinski definition) is 0. The van der Waals surface area contributed by atoms with E-state index < -0.39 is 0 Å². The van der Waals surface area contributed by atoms with Crippen molar-refractivity contribution in [2.24, 2.45) is 0 Å². The first kappa shape index (κ1) is 11.9. The van der Waals surface area contributed by atoms with Crippen molar-refractivity contribution < 1.29 is 0 Å². The van der Waals surface area contributed by atoms with Crippen LogP contribution in [0.3, 0.4) is 0 Å². The zero-order valence-corrected chi connectivity index (χ0v) is 10.6. The topological polar surface area (TPSA) is 0 Å². The van der Waals surface area contributed by atoms with Crippen molar-refractivity contribution >= 4 is 11.6 Å². The Balaban J connectivity index is 2.56. The molecule has 0 nitrogen and oxygen atoms in total. The monoisotopic (exact) mass is 242 g/mol. The first-order valence-electron chi connectivity index (χ1n) is 5.62. The van der Waals surface area contributed by atoms with Crippen LogP contribution in [-0.4, -0.2) is 0 Å². The lowest BCUT2D eigenvalue weighted by Gasteiger charge is -2.27. The van der Waals surface area contributed by atoms with Crippen molar-refractivity contribution in [3.8, 4) is 0 Å². The summed E-state index contributed by atoms with van der Waals surface area (Å²) in [5.41, 5.74) is 2.18. The lowest BCUT2D eigenvalue weighted by molar-refractivity contribution is 0.726. The second-order valence-corrected chi connectivity index (χ2v) is 4.72. The molecule has 0 heterocycles. The third-order valence-electron chi connectivity index (χ3n) is 3.21. The largest absolute Gasteiger partial charge is 0.102 e. The van der Waals surface area contributed by atoms with Gasteiger partial charge in [0, 0.05) is 10.4 Å². The maximum Gasteiger partial charge on any atom is 0.0409 e. The van der Waals surface area contributed by atoms with Crippen LogP contribution in [0.15, 0.2) is 67.3 Å². The van der Waals surface area contributed by atoms with Gasteiger partial charge in [-0.05, 0) is 30.2 Å². The molecule has 2 aromatic carbocycles. The highest BCUT2D eigenvalue weighted by Gasteiger charge is 2.24. The predicted molar refractivity (Wildman–Crippen MR) is 74.5 cm³/mol. The van der Waals surface area contributed by atoms with E-state index in [-0.39, 0.29) is 5.41 Å². The third-order valence-corrected chi connectivity index (χ3v) is 3.44. The Morgan fingerprint density at radius 2 is 1.65 bits per heavy atom. The van der Waals surface area contributed by atoms with E-state index in [4.69, 9.17) is 11.6 Å². The zero-order chi connectivity index (χ0) is 12.3. The van der Waals surface area contributed by atoms with Gasteiger partial charge in [-0.25, -0.2) is 0 Å². The summed E-state index contributed by atoms with van der Waals surface area (Å²) >= 11 is 6.06. The Kier molecular flexibility index (Phi) is 3.35. The fourth-order valence-corrected chi connectivity index (χ4v) is 2.19. The molecule has 0 aliphatic heterocycles. The van der Waals surface area contributed by atoms with Gasteiger partial charge < -0.3 is 0 Å². The van der Waals surface area contributed by atoms with Gasteiger partial charge >= 0.3 is 0 Å². The molecule has 2 aromatic rings. The number of allylic oxidation sites excluding steroid dienone is 1. The van der Waals surface area contributed by atoms with Crippen LogP contribution in [0.4, 0.5) is 0 Å². The van der Waals surface area contributed by atoms with Crippen molar-refractivity contribution in [1.82, 2.24) is 0 Å². The quantitative estimate of drug-likeness (QED) is 0.676. The molecule has 0 saturated heterocycles. The molecule has 86 valence electrons. The van der Waals surface area contributed by atoms with E-state index in [2.05, 4.69) is 31.7 Å². The van der Waals surface area contributed by atoms with Crippen LogP contribution < -0.4 is 0 Å². The first-order chi connectivity index (χ1) is 8.16. The molecule has 0 amide bonds. The Labute approximate surface area is 108 Å². The molecule has 0 unspecified atom stereocenters. The Morgan fingerprint density at radius 3 is 2.24 bits per heavy atom. The van der Waals surface area contributed by atoms with Crippen molar-refractivity contribution in [3.05, 3.63) is 83.4 Å². The van der Waals surface area contributed by atoms with Gasteiger partial charge in [-0.2, -0.15) is 0 Å². The van der Waals surface area contributed by atoms with E-state index in [9.17, 15) is 0 Å². The minimum atomic E-state index is -0.202. The molecular weight excluding hydrogens is 228 g/mol. The Bertz CT molecular complexity index is 516. The molecule has 0 aliphatic carbocycles. The average molecular weight is 243 g/mol. The van der Waals surface area contributed by atoms with Gasteiger partial charge in [0.25, 0.3) is 0 Å². The number of halogens is 1. The fourth-order valence-electron chi connectivity index (χ4n) is 2.00. The summed E-state index contributed by atoms with van der Waals surface area (Å²) < 4.78 is 0. The standard InChI is InChI=1S/C16H15Cl/c1-3-16(2,13-8-5-4-6-9-13)14-10-7-11-15(17)12-14/h3-12H,1H2,2H3/t16-/m0/s1. The summed E-state index contributed by atoms with van der Waals surface area (Å²) in [4.78, 5) is 0. The SMILES string of the molecule is C=C[C@@](C)(c1ccccc1)c1cccc(Cl)c1. The molecule has 0 radical (unpaired) electrons. The lowest BCUT2D eigenvalue weighted by Crippen LogP contribution is -2.20. The van der Waals surface area contributed by atoms with Crippen molar-refractivity contribution in [2.45, 2.75) is 12.3 Å². The molecule has 1 atom stereocenters. The van der Waals surface area contributed by atoms with Crippen molar-refractivity contribution in [3.63, 3.8) is 0 Å². The van der Waals surface area contributed by atoms with Gasteiger partial charge in [0.15, 0.2) is 0 Å². The first-order valence-corrected chi connectivity index (χ1v) is 6.00. The molecule has 0 saturated carbocycles. The molecule has 0 aliphatic rings. The number of rotatable bonds is 3. The molecule has 2 rings (SSSR count). The van der Waals surface area contributed by atoms with E-state index in [0.29, 0.717) is 0 Å². The maximum atomic E-state index is 6.06. The highest BCUT2D eigenvalue weighted by atomic mass is 35.5. The zero-order valence-electron chi connectivity index (χ0n) is 9.86. The van der Waals surface area contributed by atoms with Crippen molar-refractivity contribution in [2.75, 3.05) is 0 Å². The van der Waals surface area contributed by atoms with Crippen molar-refractivity contribution in [1.29, 1.82) is 0 Å². The summed E-state index contributed by atoms with van der Waals surface area (Å²) in [6.07, 6.45) is 1.97. The minimum absolute atomic E-state index is 0.202. The number of hydrogen-bond acceptors (Lipinski definition) is 0. The number of benzene rings is 2. The summed E-state index contributed by atoms with van der Waals surface area (Å²) in [5, 5.41) is 0.756. The molecule has 0 N–H and O–H groups in total. The maximum absolute atomic E-state index is 6.06. The van der Waals surface area contributed by atoms with E-state index in [1.165, 1.54) is 5.56 Å². The Morgan fingerprint density at radius 1 is 1.00 bits per heavy atom. The third kappa shape index (κ3) is 2.27. The van der Waals surface area contributed by atoms with E-state index in [0.717, 1.165) is 10.6 Å². The van der Waals surface area contributed by atoms with Gasteiger partial charge in [0.05, 0.1) is 0 Å². The Hall–Kier alpha value is -1.53. The molecule has 0 aromatic heterocycles. The minimum Gasteiger partial charge on any atom is -0.102 e. The second-order valence-electron chi connectivity index (χ2n) is 4.28. The lowest BCUT2D eigenvalue weighted by atomic mass is 9.76. The normalized spacial score (nSPS) is 14.0. The molecule has 1 heteroatoms. The highest BCUT2D eigenvalue weighted by Crippen LogP contribution is 2.33. The van der Waals surface area contributed by atoms with Gasteiger partial charge in [0.2, 0.25) is 0 Å².